The zero-order valence-corrected chi connectivity index (χ0v) is 12.5. The van der Waals surface area contributed by atoms with E-state index < -0.39 is 0 Å². The lowest BCUT2D eigenvalue weighted by molar-refractivity contribution is 0.291. The van der Waals surface area contributed by atoms with Crippen LogP contribution in [0.25, 0.3) is 0 Å². The highest BCUT2D eigenvalue weighted by Crippen LogP contribution is 2.25. The Bertz CT molecular complexity index is 366. The Hall–Kier alpha value is -0.800. The first-order chi connectivity index (χ1) is 8.27. The maximum absolute atomic E-state index is 5.72. The third-order valence-electron chi connectivity index (χ3n) is 3.40. The van der Waals surface area contributed by atoms with Crippen LogP contribution >= 0.6 is 0 Å². The van der Waals surface area contributed by atoms with Gasteiger partial charge in [-0.2, -0.15) is 0 Å². The van der Waals surface area contributed by atoms with Crippen molar-refractivity contribution in [2.24, 2.45) is 11.1 Å². The molecule has 1 rings (SSSR count). The van der Waals surface area contributed by atoms with Crippen LogP contribution in [0.4, 0.5) is 0 Å². The molecule has 1 aromatic heterocycles. The molecule has 0 atom stereocenters. The fourth-order valence-corrected chi connectivity index (χ4v) is 2.08. The monoisotopic (exact) mass is 252 g/mol. The van der Waals surface area contributed by atoms with Gasteiger partial charge in [0.15, 0.2) is 0 Å². The smallest absolute Gasteiger partial charge is 0.111 e. The molecule has 3 heteroatoms. The molecule has 1 heterocycles. The van der Waals surface area contributed by atoms with E-state index in [0.717, 1.165) is 37.6 Å². The van der Waals surface area contributed by atoms with E-state index in [9.17, 15) is 0 Å². The van der Waals surface area contributed by atoms with Gasteiger partial charge in [-0.1, -0.05) is 27.7 Å². The standard InChI is InChI=1S/C15H28N2O/c1-12-6-7-13(18-12)15(4,5)11-17-10-14(2,3)8-9-16/h6-7,17H,8-11,16H2,1-5H3. The molecule has 0 aliphatic carbocycles. The van der Waals surface area contributed by atoms with Crippen LogP contribution in [0.5, 0.6) is 0 Å². The van der Waals surface area contributed by atoms with Crippen LogP contribution in [0.2, 0.25) is 0 Å². The van der Waals surface area contributed by atoms with Gasteiger partial charge in [0.25, 0.3) is 0 Å². The average Bonchev–Trinajstić information content (AvgIpc) is 2.64. The Labute approximate surface area is 111 Å². The molecule has 18 heavy (non-hydrogen) atoms. The van der Waals surface area contributed by atoms with Crippen LogP contribution in [0.3, 0.4) is 0 Å². The molecule has 0 bridgehead atoms. The Morgan fingerprint density at radius 3 is 2.33 bits per heavy atom. The fraction of sp³-hybridized carbons (Fsp3) is 0.733. The third-order valence-corrected chi connectivity index (χ3v) is 3.40. The summed E-state index contributed by atoms with van der Waals surface area (Å²) in [5.41, 5.74) is 5.90. The highest BCUT2D eigenvalue weighted by Gasteiger charge is 2.25. The van der Waals surface area contributed by atoms with Gasteiger partial charge in [-0.05, 0) is 37.4 Å². The van der Waals surface area contributed by atoms with Crippen molar-refractivity contribution in [2.45, 2.75) is 46.5 Å². The van der Waals surface area contributed by atoms with Gasteiger partial charge < -0.3 is 15.5 Å². The van der Waals surface area contributed by atoms with Gasteiger partial charge in [0.1, 0.15) is 11.5 Å². The van der Waals surface area contributed by atoms with Gasteiger partial charge in [-0.25, -0.2) is 0 Å². The first kappa shape index (κ1) is 15.3. The van der Waals surface area contributed by atoms with Crippen LogP contribution in [-0.2, 0) is 5.41 Å². The Morgan fingerprint density at radius 2 is 1.83 bits per heavy atom. The minimum Gasteiger partial charge on any atom is -0.466 e. The fourth-order valence-electron chi connectivity index (χ4n) is 2.08. The van der Waals surface area contributed by atoms with Crippen molar-refractivity contribution in [3.8, 4) is 0 Å². The molecule has 104 valence electrons. The van der Waals surface area contributed by atoms with Gasteiger partial charge in [0, 0.05) is 18.5 Å². The molecule has 0 amide bonds. The van der Waals surface area contributed by atoms with E-state index in [0.29, 0.717) is 0 Å². The molecule has 0 saturated carbocycles. The molecular formula is C15H28N2O. The number of nitrogens with one attached hydrogen (secondary N) is 1. The molecule has 0 unspecified atom stereocenters. The topological polar surface area (TPSA) is 51.2 Å². The van der Waals surface area contributed by atoms with Gasteiger partial charge in [0.2, 0.25) is 0 Å². The summed E-state index contributed by atoms with van der Waals surface area (Å²) in [6.07, 6.45) is 1.04. The van der Waals surface area contributed by atoms with E-state index >= 15 is 0 Å². The quantitative estimate of drug-likeness (QED) is 0.784. The molecule has 0 aliphatic heterocycles. The molecule has 0 radical (unpaired) electrons. The van der Waals surface area contributed by atoms with Gasteiger partial charge in [-0.3, -0.25) is 0 Å². The summed E-state index contributed by atoms with van der Waals surface area (Å²) in [7, 11) is 0. The predicted octanol–water partition coefficient (Wildman–Crippen LogP) is 2.83. The van der Waals surface area contributed by atoms with E-state index in [1.54, 1.807) is 0 Å². The Balaban J connectivity index is 2.47. The number of nitrogens with two attached hydrogens (primary N) is 1. The number of aryl methyl sites for hydroxylation is 1. The molecule has 0 saturated heterocycles. The molecule has 0 fully saturated rings. The van der Waals surface area contributed by atoms with E-state index in [1.807, 2.05) is 13.0 Å². The van der Waals surface area contributed by atoms with Crippen LogP contribution in [0, 0.1) is 12.3 Å². The van der Waals surface area contributed by atoms with E-state index in [1.165, 1.54) is 0 Å². The van der Waals surface area contributed by atoms with Crippen molar-refractivity contribution >= 4 is 0 Å². The van der Waals surface area contributed by atoms with Crippen molar-refractivity contribution in [3.05, 3.63) is 23.7 Å². The average molecular weight is 252 g/mol. The first-order valence-electron chi connectivity index (χ1n) is 6.74. The molecule has 0 spiro atoms. The SMILES string of the molecule is Cc1ccc(C(C)(C)CNCC(C)(C)CCN)o1. The molecule has 3 nitrogen and oxygen atoms in total. The maximum Gasteiger partial charge on any atom is 0.111 e. The zero-order valence-electron chi connectivity index (χ0n) is 12.5. The van der Waals surface area contributed by atoms with Crippen molar-refractivity contribution in [2.75, 3.05) is 19.6 Å². The minimum absolute atomic E-state index is 0.0209. The molecule has 1 aromatic rings. The van der Waals surface area contributed by atoms with E-state index in [-0.39, 0.29) is 10.8 Å². The van der Waals surface area contributed by atoms with Crippen molar-refractivity contribution in [1.82, 2.24) is 5.32 Å². The minimum atomic E-state index is 0.0209. The van der Waals surface area contributed by atoms with Gasteiger partial charge >= 0.3 is 0 Å². The molecular weight excluding hydrogens is 224 g/mol. The molecule has 0 aromatic carbocycles. The van der Waals surface area contributed by atoms with Crippen LogP contribution < -0.4 is 11.1 Å². The predicted molar refractivity (Wildman–Crippen MR) is 76.8 cm³/mol. The van der Waals surface area contributed by atoms with E-state index in [2.05, 4.69) is 39.1 Å². The van der Waals surface area contributed by atoms with Crippen molar-refractivity contribution in [3.63, 3.8) is 0 Å². The lowest BCUT2D eigenvalue weighted by Gasteiger charge is -2.28. The van der Waals surface area contributed by atoms with Crippen LogP contribution in [0.1, 0.15) is 45.6 Å². The highest BCUT2D eigenvalue weighted by atomic mass is 16.3. The Kier molecular flexibility index (Phi) is 5.00. The lowest BCUT2D eigenvalue weighted by atomic mass is 9.87. The first-order valence-corrected chi connectivity index (χ1v) is 6.74. The summed E-state index contributed by atoms with van der Waals surface area (Å²) < 4.78 is 5.72. The normalized spacial score (nSPS) is 13.0. The molecule has 3 N–H and O–H groups in total. The van der Waals surface area contributed by atoms with Crippen molar-refractivity contribution in [1.29, 1.82) is 0 Å². The van der Waals surface area contributed by atoms with Crippen molar-refractivity contribution < 1.29 is 4.42 Å². The van der Waals surface area contributed by atoms with Gasteiger partial charge in [-0.15, -0.1) is 0 Å². The highest BCUT2D eigenvalue weighted by molar-refractivity contribution is 5.15. The van der Waals surface area contributed by atoms with Crippen LogP contribution in [-0.4, -0.2) is 19.6 Å². The van der Waals surface area contributed by atoms with Crippen LogP contribution in [0.15, 0.2) is 16.5 Å². The summed E-state index contributed by atoms with van der Waals surface area (Å²) in [5.74, 6) is 2.02. The second-order valence-corrected chi connectivity index (χ2v) is 6.60. The number of hydrogen-bond acceptors (Lipinski definition) is 3. The largest absolute Gasteiger partial charge is 0.466 e. The number of rotatable bonds is 7. The summed E-state index contributed by atoms with van der Waals surface area (Å²) in [5, 5.41) is 3.54. The summed E-state index contributed by atoms with van der Waals surface area (Å²) in [6.45, 7) is 13.5. The van der Waals surface area contributed by atoms with Gasteiger partial charge in [0.05, 0.1) is 0 Å². The molecule has 0 aliphatic rings. The zero-order chi connectivity index (χ0) is 13.8. The number of hydrogen-bond donors (Lipinski definition) is 2. The second kappa shape index (κ2) is 5.89. The summed E-state index contributed by atoms with van der Waals surface area (Å²) in [6, 6.07) is 4.09. The summed E-state index contributed by atoms with van der Waals surface area (Å²) >= 11 is 0. The maximum atomic E-state index is 5.72. The third kappa shape index (κ3) is 4.46. The summed E-state index contributed by atoms with van der Waals surface area (Å²) in [4.78, 5) is 0. The number of furan rings is 1. The Morgan fingerprint density at radius 1 is 1.17 bits per heavy atom. The lowest BCUT2D eigenvalue weighted by Crippen LogP contribution is -2.38. The second-order valence-electron chi connectivity index (χ2n) is 6.60. The van der Waals surface area contributed by atoms with E-state index in [4.69, 9.17) is 10.2 Å².